The first kappa shape index (κ1) is 64.3. The third-order valence-electron chi connectivity index (χ3n) is 11.5. The minimum absolute atomic E-state index is 0.0424. The fraction of sp³-hybridized carbons (Fsp3) is 0.651. The van der Waals surface area contributed by atoms with Crippen molar-refractivity contribution in [3.05, 3.63) is 122 Å². The molecule has 1 unspecified atom stereocenters. The smallest absolute Gasteiger partial charge is 0.306 e. The zero-order valence-electron chi connectivity index (χ0n) is 44.3. The van der Waals surface area contributed by atoms with Crippen molar-refractivity contribution in [2.75, 3.05) is 19.8 Å². The van der Waals surface area contributed by atoms with Crippen molar-refractivity contribution in [3.8, 4) is 0 Å². The van der Waals surface area contributed by atoms with E-state index in [4.69, 9.17) is 14.2 Å². The van der Waals surface area contributed by atoms with E-state index in [1.807, 2.05) is 0 Å². The summed E-state index contributed by atoms with van der Waals surface area (Å²) < 4.78 is 17.4. The number of carbonyl (C=O) groups is 2. The lowest BCUT2D eigenvalue weighted by atomic mass is 10.1. The maximum Gasteiger partial charge on any atom is 0.306 e. The molecule has 386 valence electrons. The molecular formula is C63H104O5. The van der Waals surface area contributed by atoms with E-state index in [0.717, 1.165) is 109 Å². The Balaban J connectivity index is 4.41. The van der Waals surface area contributed by atoms with Crippen molar-refractivity contribution >= 4 is 11.9 Å². The molecule has 0 fully saturated rings. The minimum Gasteiger partial charge on any atom is -0.462 e. The first-order valence-corrected chi connectivity index (χ1v) is 28.1. The number of allylic oxidation sites excluding steroid dienone is 20. The Morgan fingerprint density at radius 3 is 1.10 bits per heavy atom. The molecule has 0 rings (SSSR count). The Morgan fingerprint density at radius 1 is 0.338 bits per heavy atom. The topological polar surface area (TPSA) is 61.8 Å². The second kappa shape index (κ2) is 57.6. The molecule has 0 radical (unpaired) electrons. The molecular weight excluding hydrogens is 837 g/mol. The molecule has 0 aliphatic rings. The second-order valence-electron chi connectivity index (χ2n) is 18.1. The van der Waals surface area contributed by atoms with Gasteiger partial charge in [-0.1, -0.05) is 226 Å². The second-order valence-corrected chi connectivity index (χ2v) is 18.1. The van der Waals surface area contributed by atoms with Crippen molar-refractivity contribution in [1.82, 2.24) is 0 Å². The van der Waals surface area contributed by atoms with E-state index in [2.05, 4.69) is 142 Å². The Labute approximate surface area is 420 Å². The van der Waals surface area contributed by atoms with E-state index in [-0.39, 0.29) is 25.2 Å². The number of esters is 2. The Bertz CT molecular complexity index is 1390. The first-order chi connectivity index (χ1) is 33.6. The standard InChI is InChI=1S/C63H104O5/c1-4-7-10-13-16-19-22-25-28-31-34-37-40-43-46-49-52-55-58-66-59-61(68-63(65)57-54-51-48-45-42-39-36-33-30-27-24-21-18-15-12-9-6-3)60-67-62(64)56-53-50-47-44-41-38-35-32-29-26-23-20-17-14-11-8-5-2/h8-9,11-12,16-21,25-30,35,38,44,47,61H,4-7,10,13-15,22-24,31-34,36-37,39-43,45-46,48-60H2,1-3H3/b11-8-,12-9-,19-16-,20-17-,21-18-,28-25-,29-26-,30-27-,38-35-,47-44-. The third kappa shape index (κ3) is 54.9. The zero-order valence-corrected chi connectivity index (χ0v) is 44.3. The molecule has 0 aromatic rings. The van der Waals surface area contributed by atoms with Crippen molar-refractivity contribution in [2.24, 2.45) is 0 Å². The van der Waals surface area contributed by atoms with Gasteiger partial charge >= 0.3 is 11.9 Å². The monoisotopic (exact) mass is 941 g/mol. The van der Waals surface area contributed by atoms with Crippen molar-refractivity contribution in [1.29, 1.82) is 0 Å². The molecule has 5 nitrogen and oxygen atoms in total. The number of ether oxygens (including phenoxy) is 3. The lowest BCUT2D eigenvalue weighted by Crippen LogP contribution is -2.30. The molecule has 0 aliphatic heterocycles. The van der Waals surface area contributed by atoms with Crippen LogP contribution >= 0.6 is 0 Å². The molecule has 0 heterocycles. The molecule has 68 heavy (non-hydrogen) atoms. The Hall–Kier alpha value is -3.70. The predicted molar refractivity (Wildman–Crippen MR) is 297 cm³/mol. The molecule has 0 saturated heterocycles. The van der Waals surface area contributed by atoms with Crippen LogP contribution in [0, 0.1) is 0 Å². The third-order valence-corrected chi connectivity index (χ3v) is 11.5. The van der Waals surface area contributed by atoms with Gasteiger partial charge in [0.25, 0.3) is 0 Å². The Kier molecular flexibility index (Phi) is 54.5. The summed E-state index contributed by atoms with van der Waals surface area (Å²) in [5, 5.41) is 0. The van der Waals surface area contributed by atoms with Gasteiger partial charge < -0.3 is 14.2 Å². The van der Waals surface area contributed by atoms with Crippen molar-refractivity contribution < 1.29 is 23.8 Å². The van der Waals surface area contributed by atoms with Crippen LogP contribution in [0.3, 0.4) is 0 Å². The van der Waals surface area contributed by atoms with Gasteiger partial charge in [0.2, 0.25) is 0 Å². The van der Waals surface area contributed by atoms with Crippen LogP contribution in [0.4, 0.5) is 0 Å². The molecule has 0 aromatic heterocycles. The van der Waals surface area contributed by atoms with Crippen LogP contribution in [-0.4, -0.2) is 37.9 Å². The van der Waals surface area contributed by atoms with Gasteiger partial charge in [0.15, 0.2) is 6.10 Å². The van der Waals surface area contributed by atoms with E-state index < -0.39 is 6.10 Å². The summed E-state index contributed by atoms with van der Waals surface area (Å²) >= 11 is 0. The minimum atomic E-state index is -0.577. The molecule has 0 bridgehead atoms. The summed E-state index contributed by atoms with van der Waals surface area (Å²) in [6, 6.07) is 0. The zero-order chi connectivity index (χ0) is 49.2. The van der Waals surface area contributed by atoms with E-state index in [0.29, 0.717) is 19.4 Å². The SMILES string of the molecule is CC/C=C\C/C=C\C/C=C\C/C=C\C/C=C\CCCC(=O)OCC(COCCCCCCCCCC/C=C\C/C=C\CCCCC)OC(=O)CCCCCCCCC/C=C\C/C=C\C/C=C\CC. The molecule has 0 N–H and O–H groups in total. The van der Waals surface area contributed by atoms with Crippen LogP contribution < -0.4 is 0 Å². The molecule has 5 heteroatoms. The number of hydrogen-bond donors (Lipinski definition) is 0. The number of carbonyl (C=O) groups excluding carboxylic acids is 2. The summed E-state index contributed by atoms with van der Waals surface area (Å²) in [5.74, 6) is -0.483. The molecule has 1 atom stereocenters. The van der Waals surface area contributed by atoms with Gasteiger partial charge in [-0.3, -0.25) is 9.59 Å². The average molecular weight is 942 g/mol. The number of unbranched alkanes of at least 4 members (excludes halogenated alkanes) is 19. The lowest BCUT2D eigenvalue weighted by molar-refractivity contribution is -0.163. The Morgan fingerprint density at radius 2 is 0.676 bits per heavy atom. The summed E-state index contributed by atoms with van der Waals surface area (Å²) in [5.41, 5.74) is 0. The van der Waals surface area contributed by atoms with E-state index in [1.54, 1.807) is 0 Å². The van der Waals surface area contributed by atoms with E-state index >= 15 is 0 Å². The normalized spacial score (nSPS) is 13.2. The molecule has 0 saturated carbocycles. The van der Waals surface area contributed by atoms with Crippen LogP contribution in [0.5, 0.6) is 0 Å². The summed E-state index contributed by atoms with van der Waals surface area (Å²) in [7, 11) is 0. The van der Waals surface area contributed by atoms with Gasteiger partial charge in [-0.25, -0.2) is 0 Å². The van der Waals surface area contributed by atoms with Gasteiger partial charge in [-0.05, 0) is 122 Å². The number of rotatable bonds is 50. The van der Waals surface area contributed by atoms with Crippen molar-refractivity contribution in [2.45, 2.75) is 245 Å². The largest absolute Gasteiger partial charge is 0.462 e. The van der Waals surface area contributed by atoms with Crippen LogP contribution in [0.1, 0.15) is 239 Å². The van der Waals surface area contributed by atoms with Gasteiger partial charge in [-0.15, -0.1) is 0 Å². The van der Waals surface area contributed by atoms with Gasteiger partial charge in [0, 0.05) is 19.4 Å². The van der Waals surface area contributed by atoms with E-state index in [1.165, 1.54) is 96.3 Å². The highest BCUT2D eigenvalue weighted by molar-refractivity contribution is 5.70. The average Bonchev–Trinajstić information content (AvgIpc) is 3.34. The van der Waals surface area contributed by atoms with Crippen LogP contribution in [0.25, 0.3) is 0 Å². The maximum absolute atomic E-state index is 12.9. The molecule has 0 amide bonds. The summed E-state index contributed by atoms with van der Waals surface area (Å²) in [4.78, 5) is 25.5. The lowest BCUT2D eigenvalue weighted by Gasteiger charge is -2.18. The van der Waals surface area contributed by atoms with Crippen LogP contribution in [0.15, 0.2) is 122 Å². The maximum atomic E-state index is 12.9. The predicted octanol–water partition coefficient (Wildman–Crippen LogP) is 19.3. The molecule has 0 aliphatic carbocycles. The molecule has 0 aromatic carbocycles. The van der Waals surface area contributed by atoms with Gasteiger partial charge in [0.1, 0.15) is 6.61 Å². The summed E-state index contributed by atoms with van der Waals surface area (Å²) in [6.07, 6.45) is 80.8. The molecule has 0 spiro atoms. The highest BCUT2D eigenvalue weighted by Crippen LogP contribution is 2.13. The van der Waals surface area contributed by atoms with Crippen LogP contribution in [-0.2, 0) is 23.8 Å². The summed E-state index contributed by atoms with van der Waals surface area (Å²) in [6.45, 7) is 7.50. The van der Waals surface area contributed by atoms with Crippen molar-refractivity contribution in [3.63, 3.8) is 0 Å². The first-order valence-electron chi connectivity index (χ1n) is 28.1. The van der Waals surface area contributed by atoms with Gasteiger partial charge in [0.05, 0.1) is 6.61 Å². The van der Waals surface area contributed by atoms with Gasteiger partial charge in [-0.2, -0.15) is 0 Å². The van der Waals surface area contributed by atoms with E-state index in [9.17, 15) is 9.59 Å². The highest BCUT2D eigenvalue weighted by atomic mass is 16.6. The van der Waals surface area contributed by atoms with Crippen LogP contribution in [0.2, 0.25) is 0 Å². The quantitative estimate of drug-likeness (QED) is 0.0345. The highest BCUT2D eigenvalue weighted by Gasteiger charge is 2.17. The fourth-order valence-corrected chi connectivity index (χ4v) is 7.35. The fourth-order valence-electron chi connectivity index (χ4n) is 7.35. The number of hydrogen-bond acceptors (Lipinski definition) is 5.